The Bertz CT molecular complexity index is 2590. The normalized spacial score (nSPS) is 29.5. The van der Waals surface area contributed by atoms with Crippen LogP contribution in [0.15, 0.2) is 102 Å². The fraction of sp³-hybridized carbons (Fsp3) is 0.451. The van der Waals surface area contributed by atoms with Gasteiger partial charge in [-0.1, -0.05) is 80.6 Å². The maximum atomic E-state index is 15.7. The predicted octanol–water partition coefficient (Wildman–Crippen LogP) is -1.21. The summed E-state index contributed by atoms with van der Waals surface area (Å²) in [4.78, 5) is 110. The number of aliphatic hydroxyl groups excluding tert-OH is 2. The van der Waals surface area contributed by atoms with E-state index in [4.69, 9.17) is 28.4 Å². The quantitative estimate of drug-likeness (QED) is 0.0638. The molecule has 4 N–H and O–H groups in total. The summed E-state index contributed by atoms with van der Waals surface area (Å²) in [6.45, 7) is 7.51. The Morgan fingerprint density at radius 2 is 1.42 bits per heavy atom. The Labute approximate surface area is 430 Å². The summed E-state index contributed by atoms with van der Waals surface area (Å²) in [6, 6.07) is 21.5. The van der Waals surface area contributed by atoms with E-state index in [1.165, 1.54) is 64.1 Å². The first kappa shape index (κ1) is 54.5. The Balaban J connectivity index is 0.00000825. The Kier molecular flexibility index (Phi) is 16.2. The summed E-state index contributed by atoms with van der Waals surface area (Å²) in [6.07, 6.45) is -15.1. The number of amides is 1. The van der Waals surface area contributed by atoms with E-state index in [1.807, 2.05) is 0 Å². The molecule has 1 heterocycles. The van der Waals surface area contributed by atoms with E-state index in [-0.39, 0.29) is 70.4 Å². The van der Waals surface area contributed by atoms with Crippen molar-refractivity contribution in [1.82, 2.24) is 5.32 Å². The predicted molar refractivity (Wildman–Crippen MR) is 237 cm³/mol. The SMILES string of the molecule is CC(=O)O[C@H]1C(=O)[C@@]2(C)[C@H]([C@H](OC(=O)c3ccccc3)[C@]3(O)C[C@H](OC(=O)[C@H](OC(=O)CC(O)C(=O)[O-])[C@@H](NC(=O)c4ccccc4)c4ccccc4)C(C)=C1C3(C)C)[C@]1(OC(C)=O)CO[C@@H]1C[C@@H]2O.[Na+]. The monoisotopic (exact) mass is 991 g/mol. The van der Waals surface area contributed by atoms with Crippen molar-refractivity contribution in [2.75, 3.05) is 6.61 Å². The smallest absolute Gasteiger partial charge is 0.547 e. The summed E-state index contributed by atoms with van der Waals surface area (Å²) in [5.41, 5.74) is -8.14. The van der Waals surface area contributed by atoms with Gasteiger partial charge in [-0.2, -0.15) is 0 Å². The first-order valence-corrected chi connectivity index (χ1v) is 22.6. The van der Waals surface area contributed by atoms with Gasteiger partial charge in [0.05, 0.1) is 42.0 Å². The number of aliphatic carboxylic acids is 1. The number of benzene rings is 3. The van der Waals surface area contributed by atoms with Crippen molar-refractivity contribution < 1.29 is 117 Å². The number of carboxylic acids is 1. The summed E-state index contributed by atoms with van der Waals surface area (Å²) in [5.74, 6) is -11.1. The molecule has 1 saturated heterocycles. The molecule has 3 aromatic carbocycles. The fourth-order valence-corrected chi connectivity index (χ4v) is 10.7. The number of nitrogens with one attached hydrogen (secondary N) is 1. The minimum absolute atomic E-state index is 0. The number of esters is 5. The topological polar surface area (TPSA) is 288 Å². The molecular formula is C51H54NNaO18. The molecule has 3 aromatic rings. The van der Waals surface area contributed by atoms with Crippen LogP contribution in [-0.4, -0.2) is 123 Å². The van der Waals surface area contributed by atoms with E-state index >= 15 is 9.59 Å². The standard InChI is InChI=1S/C51H55NO18.Na/c1-26-33(67-47(63)40(68-36(57)22-32(55)45(60)61)38(29-16-10-7-11-17-29)52-44(59)30-18-12-8-13-19-30)24-51(64)43(69-46(62)31-20-14-9-15-21-31)41-49(6,34(56)23-35-50(41,25-65-35)70-28(3)54)42(58)39(66-27(2)53)37(26)48(51,4)5;/h7-21,32-35,38-41,43,55-56,64H,22-25H2,1-6H3,(H,52,59)(H,60,61);/q;+1/p-1/t32?,33-,34-,35+,38-,39+,40+,41-,43-,49+,50-,51+;/m0./s1. The summed E-state index contributed by atoms with van der Waals surface area (Å²) >= 11 is 0. The number of ketones is 1. The second kappa shape index (κ2) is 21.1. The average molecular weight is 992 g/mol. The van der Waals surface area contributed by atoms with Crippen LogP contribution in [0.4, 0.5) is 0 Å². The molecule has 71 heavy (non-hydrogen) atoms. The zero-order chi connectivity index (χ0) is 51.1. The van der Waals surface area contributed by atoms with Crippen molar-refractivity contribution in [3.63, 3.8) is 0 Å². The van der Waals surface area contributed by atoms with Gasteiger partial charge in [0.25, 0.3) is 5.91 Å². The molecule has 0 spiro atoms. The van der Waals surface area contributed by atoms with Crippen LogP contribution in [0, 0.1) is 16.7 Å². The first-order chi connectivity index (χ1) is 33.0. The van der Waals surface area contributed by atoms with Gasteiger partial charge in [-0.05, 0) is 54.8 Å². The molecule has 12 atom stereocenters. The molecule has 3 aliphatic carbocycles. The minimum Gasteiger partial charge on any atom is -0.547 e. The molecular weight excluding hydrogens is 938 g/mol. The molecule has 19 nitrogen and oxygen atoms in total. The molecule has 3 fully saturated rings. The maximum Gasteiger partial charge on any atom is 1.00 e. The van der Waals surface area contributed by atoms with Crippen LogP contribution < -0.4 is 40.0 Å². The molecule has 2 saturated carbocycles. The van der Waals surface area contributed by atoms with Crippen LogP contribution in [0.5, 0.6) is 0 Å². The summed E-state index contributed by atoms with van der Waals surface area (Å²) in [5, 5.41) is 50.3. The number of aliphatic hydroxyl groups is 3. The number of carbonyl (C=O) groups excluding carboxylic acids is 8. The van der Waals surface area contributed by atoms with E-state index in [2.05, 4.69) is 5.32 Å². The van der Waals surface area contributed by atoms with E-state index in [9.17, 15) is 49.2 Å². The van der Waals surface area contributed by atoms with Crippen molar-refractivity contribution in [3.05, 3.63) is 119 Å². The number of hydrogen-bond acceptors (Lipinski definition) is 18. The van der Waals surface area contributed by atoms with Crippen molar-refractivity contribution in [3.8, 4) is 0 Å². The third-order valence-corrected chi connectivity index (χ3v) is 14.3. The van der Waals surface area contributed by atoms with Crippen LogP contribution in [0.3, 0.4) is 0 Å². The first-order valence-electron chi connectivity index (χ1n) is 22.6. The third kappa shape index (κ3) is 10.1. The van der Waals surface area contributed by atoms with Crippen molar-refractivity contribution in [2.24, 2.45) is 16.7 Å². The number of ether oxygens (including phenoxy) is 6. The molecule has 0 aromatic heterocycles. The van der Waals surface area contributed by atoms with Crippen LogP contribution >= 0.6 is 0 Å². The number of Topliss-reactive ketones (excluding diaryl/α,β-unsaturated/α-hetero) is 1. The van der Waals surface area contributed by atoms with Crippen LogP contribution in [-0.2, 0) is 57.2 Å². The Morgan fingerprint density at radius 1 is 0.845 bits per heavy atom. The molecule has 1 unspecified atom stereocenters. The molecule has 0 radical (unpaired) electrons. The fourth-order valence-electron chi connectivity index (χ4n) is 10.7. The van der Waals surface area contributed by atoms with E-state index in [1.54, 1.807) is 54.6 Å². The maximum absolute atomic E-state index is 15.7. The third-order valence-electron chi connectivity index (χ3n) is 14.3. The zero-order valence-electron chi connectivity index (χ0n) is 40.2. The largest absolute Gasteiger partial charge is 1.00 e. The Hall–Kier alpha value is -5.80. The average Bonchev–Trinajstić information content (AvgIpc) is 3.31. The number of carboxylic acid groups (broad SMARTS) is 1. The molecule has 4 aliphatic rings. The van der Waals surface area contributed by atoms with Gasteiger partial charge in [-0.15, -0.1) is 0 Å². The van der Waals surface area contributed by atoms with Gasteiger partial charge in [0.2, 0.25) is 6.10 Å². The van der Waals surface area contributed by atoms with E-state index < -0.39 is 137 Å². The van der Waals surface area contributed by atoms with Crippen LogP contribution in [0.1, 0.15) is 93.1 Å². The van der Waals surface area contributed by atoms with Crippen LogP contribution in [0.25, 0.3) is 0 Å². The summed E-state index contributed by atoms with van der Waals surface area (Å²) in [7, 11) is 0. The number of rotatable bonds is 14. The minimum atomic E-state index is -2.54. The van der Waals surface area contributed by atoms with E-state index in [0.29, 0.717) is 0 Å². The molecule has 1 aliphatic heterocycles. The van der Waals surface area contributed by atoms with Gasteiger partial charge in [0.15, 0.2) is 17.5 Å². The number of hydrogen-bond donors (Lipinski definition) is 4. The van der Waals surface area contributed by atoms with Gasteiger partial charge in [-0.25, -0.2) is 9.59 Å². The molecule has 7 rings (SSSR count). The van der Waals surface area contributed by atoms with Gasteiger partial charge in [0.1, 0.15) is 36.1 Å². The van der Waals surface area contributed by atoms with Gasteiger partial charge >= 0.3 is 59.4 Å². The zero-order valence-corrected chi connectivity index (χ0v) is 42.2. The molecule has 2 bridgehead atoms. The Morgan fingerprint density at radius 3 is 1.96 bits per heavy atom. The van der Waals surface area contributed by atoms with Crippen molar-refractivity contribution >= 4 is 47.5 Å². The molecule has 1 amide bonds. The second-order valence-electron chi connectivity index (χ2n) is 18.9. The number of fused-ring (bicyclic) bond motifs is 5. The van der Waals surface area contributed by atoms with E-state index in [0.717, 1.165) is 13.8 Å². The van der Waals surface area contributed by atoms with Crippen molar-refractivity contribution in [1.29, 1.82) is 0 Å². The van der Waals surface area contributed by atoms with Crippen molar-refractivity contribution in [2.45, 2.75) is 121 Å². The van der Waals surface area contributed by atoms with Crippen LogP contribution in [0.2, 0.25) is 0 Å². The second-order valence-corrected chi connectivity index (χ2v) is 18.9. The van der Waals surface area contributed by atoms with Gasteiger partial charge in [0, 0.05) is 37.7 Å². The molecule has 20 heteroatoms. The summed E-state index contributed by atoms with van der Waals surface area (Å²) < 4.78 is 36.1. The van der Waals surface area contributed by atoms with Gasteiger partial charge in [-0.3, -0.25) is 24.0 Å². The van der Waals surface area contributed by atoms with Gasteiger partial charge < -0.3 is 59.0 Å². The molecule has 372 valence electrons. The number of carbonyl (C=O) groups is 8.